The summed E-state index contributed by atoms with van der Waals surface area (Å²) in [6, 6.07) is 12.2. The highest BCUT2D eigenvalue weighted by Gasteiger charge is 2.57. The summed E-state index contributed by atoms with van der Waals surface area (Å²) in [4.78, 5) is 16.9. The normalized spacial score (nSPS) is 25.7. The van der Waals surface area contributed by atoms with E-state index in [2.05, 4.69) is 16.5 Å². The Hall–Kier alpha value is -3.16. The summed E-state index contributed by atoms with van der Waals surface area (Å²) in [5.41, 5.74) is 1.67. The number of nitro benzene ring substituents is 1. The van der Waals surface area contributed by atoms with Gasteiger partial charge in [0.2, 0.25) is 0 Å². The molecule has 2 unspecified atom stereocenters. The summed E-state index contributed by atoms with van der Waals surface area (Å²) in [7, 11) is 0. The Morgan fingerprint density at radius 2 is 2.06 bits per heavy atom. The van der Waals surface area contributed by atoms with Gasteiger partial charge in [0.15, 0.2) is 0 Å². The first kappa shape index (κ1) is 19.8. The Kier molecular flexibility index (Phi) is 4.42. The average molecular weight is 419 g/mol. The first-order chi connectivity index (χ1) is 14.9. The van der Waals surface area contributed by atoms with Crippen molar-refractivity contribution >= 4 is 16.6 Å². The number of aliphatic hydroxyl groups is 1. The highest BCUT2D eigenvalue weighted by molar-refractivity contribution is 5.93. The summed E-state index contributed by atoms with van der Waals surface area (Å²) < 4.78 is 0. The third-order valence-corrected chi connectivity index (χ3v) is 7.16. The maximum Gasteiger partial charge on any atom is 0.279 e. The first-order valence-corrected chi connectivity index (χ1v) is 10.5. The van der Waals surface area contributed by atoms with Crippen molar-refractivity contribution in [3.05, 3.63) is 82.1 Å². The highest BCUT2D eigenvalue weighted by atomic mass is 16.6. The van der Waals surface area contributed by atoms with Crippen LogP contribution in [0.3, 0.4) is 0 Å². The quantitative estimate of drug-likeness (QED) is 0.342. The first-order valence-electron chi connectivity index (χ1n) is 10.5. The molecule has 1 aliphatic carbocycles. The zero-order chi connectivity index (χ0) is 21.8. The van der Waals surface area contributed by atoms with E-state index in [0.717, 1.165) is 28.9 Å². The van der Waals surface area contributed by atoms with Crippen LogP contribution in [0.15, 0.2) is 55.1 Å². The predicted molar refractivity (Wildman–Crippen MR) is 118 cm³/mol. The van der Waals surface area contributed by atoms with Crippen LogP contribution < -0.4 is 0 Å². The van der Waals surface area contributed by atoms with Crippen LogP contribution in [0.25, 0.3) is 10.9 Å². The third kappa shape index (κ3) is 2.88. The fraction of sp³-hybridized carbons (Fsp3) is 0.333. The van der Waals surface area contributed by atoms with Crippen LogP contribution in [0.1, 0.15) is 23.2 Å². The maximum atomic E-state index is 12.2. The lowest BCUT2D eigenvalue weighted by atomic mass is 9.56. The number of benzene rings is 2. The number of hydrogen-bond donors (Lipinski definition) is 3. The largest absolute Gasteiger partial charge is 0.508 e. The number of H-pyrrole nitrogens is 1. The number of aromatic amines is 1. The van der Waals surface area contributed by atoms with E-state index in [0.29, 0.717) is 37.7 Å². The van der Waals surface area contributed by atoms with E-state index in [4.69, 9.17) is 0 Å². The van der Waals surface area contributed by atoms with Crippen molar-refractivity contribution in [2.45, 2.75) is 30.3 Å². The number of nitrogens with one attached hydrogen (secondary N) is 1. The number of rotatable bonds is 4. The lowest BCUT2D eigenvalue weighted by molar-refractivity contribution is -0.383. The second kappa shape index (κ2) is 6.93. The summed E-state index contributed by atoms with van der Waals surface area (Å²) in [5, 5.41) is 34.7. The molecule has 2 aliphatic rings. The predicted octanol–water partition coefficient (Wildman–Crippen LogP) is 3.44. The number of aromatic hydroxyl groups is 1. The van der Waals surface area contributed by atoms with Gasteiger partial charge in [0, 0.05) is 43.1 Å². The van der Waals surface area contributed by atoms with Crippen LogP contribution in [-0.2, 0) is 18.3 Å². The van der Waals surface area contributed by atoms with E-state index in [1.807, 2.05) is 24.3 Å². The molecule has 0 radical (unpaired) electrons. The molecule has 3 N–H and O–H groups in total. The van der Waals surface area contributed by atoms with Crippen molar-refractivity contribution in [1.29, 1.82) is 0 Å². The van der Waals surface area contributed by atoms with E-state index < -0.39 is 11.0 Å². The van der Waals surface area contributed by atoms with Crippen molar-refractivity contribution in [3.8, 4) is 5.75 Å². The fourth-order valence-electron chi connectivity index (χ4n) is 5.76. The Morgan fingerprint density at radius 3 is 2.81 bits per heavy atom. The van der Waals surface area contributed by atoms with E-state index in [9.17, 15) is 20.3 Å². The van der Waals surface area contributed by atoms with Gasteiger partial charge in [-0.3, -0.25) is 15.0 Å². The molecule has 2 aromatic carbocycles. The van der Waals surface area contributed by atoms with Gasteiger partial charge in [-0.1, -0.05) is 24.3 Å². The van der Waals surface area contributed by atoms with E-state index in [-0.39, 0.29) is 16.4 Å². The molecule has 3 aromatic rings. The number of nitro groups is 1. The molecule has 0 amide bonds. The number of aromatic nitrogens is 1. The minimum atomic E-state index is -1.14. The molecule has 0 saturated carbocycles. The van der Waals surface area contributed by atoms with Gasteiger partial charge >= 0.3 is 0 Å². The molecule has 1 aromatic heterocycles. The van der Waals surface area contributed by atoms with Crippen LogP contribution >= 0.6 is 0 Å². The number of phenolic OH excluding ortho intramolecular Hbond substituents is 1. The molecule has 7 heteroatoms. The molecule has 2 atom stereocenters. The number of piperidine rings is 1. The van der Waals surface area contributed by atoms with Crippen molar-refractivity contribution in [1.82, 2.24) is 9.88 Å². The number of non-ortho nitro benzene ring substituents is 1. The number of fused-ring (bicyclic) bond motifs is 4. The molecule has 1 fully saturated rings. The molecular weight excluding hydrogens is 394 g/mol. The molecule has 2 heterocycles. The van der Waals surface area contributed by atoms with Crippen molar-refractivity contribution in [3.63, 3.8) is 0 Å². The Labute approximate surface area is 179 Å². The molecule has 1 aliphatic heterocycles. The lowest BCUT2D eigenvalue weighted by Crippen LogP contribution is -2.66. The third-order valence-electron chi connectivity index (χ3n) is 7.16. The van der Waals surface area contributed by atoms with Crippen molar-refractivity contribution in [2.75, 3.05) is 19.6 Å². The zero-order valence-electron chi connectivity index (χ0n) is 17.2. The summed E-state index contributed by atoms with van der Waals surface area (Å²) in [6.45, 7) is 5.72. The van der Waals surface area contributed by atoms with Gasteiger partial charge in [0.25, 0.3) is 5.69 Å². The number of nitrogens with zero attached hydrogens (tertiary/aromatic N) is 2. The van der Waals surface area contributed by atoms with Gasteiger partial charge in [-0.25, -0.2) is 0 Å². The standard InChI is InChI=1S/C24H25N3O4/c1-2-10-26-11-9-23(16-5-3-6-17(28)12-16)14-20-18(13-24(23,29)15-26)22-19(25-20)7-4-8-21(22)27(30)31/h2-8,12,25,28-29H,1,9-11,13-15H2. The zero-order valence-corrected chi connectivity index (χ0v) is 17.2. The molecule has 160 valence electrons. The smallest absolute Gasteiger partial charge is 0.279 e. The second-order valence-corrected chi connectivity index (χ2v) is 8.83. The molecule has 0 spiro atoms. The number of phenols is 1. The van der Waals surface area contributed by atoms with E-state index in [1.165, 1.54) is 6.07 Å². The van der Waals surface area contributed by atoms with Crippen LogP contribution in [0.5, 0.6) is 5.75 Å². The van der Waals surface area contributed by atoms with E-state index in [1.54, 1.807) is 18.2 Å². The molecule has 1 saturated heterocycles. The second-order valence-electron chi connectivity index (χ2n) is 8.83. The van der Waals surface area contributed by atoms with Crippen LogP contribution in [0.2, 0.25) is 0 Å². The monoisotopic (exact) mass is 419 g/mol. The van der Waals surface area contributed by atoms with Crippen LogP contribution in [-0.4, -0.2) is 50.3 Å². The summed E-state index contributed by atoms with van der Waals surface area (Å²) in [5.74, 6) is 0.167. The Morgan fingerprint density at radius 1 is 1.26 bits per heavy atom. The Balaban J connectivity index is 1.72. The number of β-amino-alcohol motifs (C(OH)–C–C–N with tert-alkyl or cyclic N) is 1. The molecule has 7 nitrogen and oxygen atoms in total. The fourth-order valence-corrected chi connectivity index (χ4v) is 5.76. The van der Waals surface area contributed by atoms with Gasteiger partial charge < -0.3 is 15.2 Å². The van der Waals surface area contributed by atoms with Crippen molar-refractivity contribution in [2.24, 2.45) is 0 Å². The lowest BCUT2D eigenvalue weighted by Gasteiger charge is -2.56. The topological polar surface area (TPSA) is 103 Å². The SMILES string of the molecule is C=CCN1CCC2(c3cccc(O)c3)Cc3[nH]c4cccc([N+](=O)[O-])c4c3CC2(O)C1. The maximum absolute atomic E-state index is 12.2. The summed E-state index contributed by atoms with van der Waals surface area (Å²) >= 11 is 0. The van der Waals surface area contributed by atoms with Gasteiger partial charge in [0.1, 0.15) is 5.75 Å². The van der Waals surface area contributed by atoms with Gasteiger partial charge in [-0.15, -0.1) is 6.58 Å². The van der Waals surface area contributed by atoms with Gasteiger partial charge in [0.05, 0.1) is 21.4 Å². The van der Waals surface area contributed by atoms with Gasteiger partial charge in [-0.2, -0.15) is 0 Å². The molecule has 0 bridgehead atoms. The molecular formula is C24H25N3O4. The highest BCUT2D eigenvalue weighted by Crippen LogP contribution is 2.52. The van der Waals surface area contributed by atoms with Crippen molar-refractivity contribution < 1.29 is 15.1 Å². The number of hydrogen-bond acceptors (Lipinski definition) is 5. The Bertz CT molecular complexity index is 1200. The van der Waals surface area contributed by atoms with Crippen LogP contribution in [0, 0.1) is 10.1 Å². The minimum absolute atomic E-state index is 0.0576. The molecule has 5 rings (SSSR count). The number of likely N-dealkylation sites (tertiary alicyclic amines) is 1. The van der Waals surface area contributed by atoms with E-state index >= 15 is 0 Å². The summed E-state index contributed by atoms with van der Waals surface area (Å²) in [6.07, 6.45) is 3.36. The van der Waals surface area contributed by atoms with Crippen LogP contribution in [0.4, 0.5) is 5.69 Å². The molecule has 31 heavy (non-hydrogen) atoms. The average Bonchev–Trinajstić information content (AvgIpc) is 3.08. The van der Waals surface area contributed by atoms with Gasteiger partial charge in [-0.05, 0) is 42.3 Å². The minimum Gasteiger partial charge on any atom is -0.508 e.